The fraction of sp³-hybridized carbons (Fsp3) is 0.609. The third kappa shape index (κ3) is 5.81. The predicted octanol–water partition coefficient (Wildman–Crippen LogP) is 2.51. The molecule has 2 saturated heterocycles. The van der Waals surface area contributed by atoms with Crippen LogP contribution in [0.4, 0.5) is 5.82 Å². The average Bonchev–Trinajstić information content (AvgIpc) is 3.32. The zero-order valence-corrected chi connectivity index (χ0v) is 17.9. The number of piperazine rings is 1. The summed E-state index contributed by atoms with van der Waals surface area (Å²) in [4.78, 5) is 24.1. The monoisotopic (exact) mass is 410 g/mol. The fourth-order valence-corrected chi connectivity index (χ4v) is 4.69. The summed E-state index contributed by atoms with van der Waals surface area (Å²) in [5, 5.41) is 4.28. The standard InChI is InChI=1S/C23H34N6O/c30-23(28-18-16-27(17-19-28)22-7-1-2-10-24-22)9-8-21-6-3-12-26(20-21)13-5-15-29-14-4-11-25-29/h1-2,4,7,10-11,14,21H,3,5-6,8-9,12-13,15-20H2/t21-/m0/s1. The Labute approximate surface area is 179 Å². The minimum atomic E-state index is 0.325. The summed E-state index contributed by atoms with van der Waals surface area (Å²) >= 11 is 0. The Hall–Kier alpha value is -2.41. The van der Waals surface area contributed by atoms with E-state index in [1.54, 1.807) is 0 Å². The number of carbonyl (C=O) groups is 1. The molecule has 0 unspecified atom stereocenters. The first kappa shape index (κ1) is 20.8. The van der Waals surface area contributed by atoms with Gasteiger partial charge in [0, 0.05) is 64.3 Å². The van der Waals surface area contributed by atoms with Gasteiger partial charge in [-0.2, -0.15) is 5.10 Å². The highest BCUT2D eigenvalue weighted by Gasteiger charge is 2.24. The number of pyridine rings is 1. The van der Waals surface area contributed by atoms with Crippen LogP contribution in [0.1, 0.15) is 32.1 Å². The normalized spacial score (nSPS) is 20.5. The van der Waals surface area contributed by atoms with E-state index in [2.05, 4.69) is 19.9 Å². The third-order valence-electron chi connectivity index (χ3n) is 6.40. The molecule has 7 heteroatoms. The maximum absolute atomic E-state index is 12.7. The first-order valence-electron chi connectivity index (χ1n) is 11.4. The van der Waals surface area contributed by atoms with Crippen LogP contribution in [-0.4, -0.2) is 76.3 Å². The van der Waals surface area contributed by atoms with Crippen molar-refractivity contribution in [3.05, 3.63) is 42.9 Å². The maximum atomic E-state index is 12.7. The lowest BCUT2D eigenvalue weighted by atomic mass is 9.93. The topological polar surface area (TPSA) is 57.5 Å². The van der Waals surface area contributed by atoms with E-state index in [4.69, 9.17) is 0 Å². The molecular formula is C23H34N6O. The molecule has 0 saturated carbocycles. The highest BCUT2D eigenvalue weighted by molar-refractivity contribution is 5.76. The number of carbonyl (C=O) groups excluding carboxylic acids is 1. The molecule has 2 aliphatic rings. The summed E-state index contributed by atoms with van der Waals surface area (Å²) in [6.07, 6.45) is 11.1. The molecule has 4 heterocycles. The molecule has 1 atom stereocenters. The number of aromatic nitrogens is 3. The number of nitrogens with zero attached hydrogens (tertiary/aromatic N) is 6. The molecule has 30 heavy (non-hydrogen) atoms. The van der Waals surface area contributed by atoms with Crippen molar-refractivity contribution in [3.8, 4) is 0 Å². The van der Waals surface area contributed by atoms with E-state index < -0.39 is 0 Å². The summed E-state index contributed by atoms with van der Waals surface area (Å²) in [5.74, 6) is 1.99. The van der Waals surface area contributed by atoms with E-state index in [0.717, 1.165) is 64.5 Å². The van der Waals surface area contributed by atoms with Crippen molar-refractivity contribution < 1.29 is 4.79 Å². The van der Waals surface area contributed by atoms with E-state index in [1.807, 2.05) is 52.4 Å². The van der Waals surface area contributed by atoms with Crippen LogP contribution in [0.5, 0.6) is 0 Å². The van der Waals surface area contributed by atoms with Gasteiger partial charge < -0.3 is 14.7 Å². The number of amides is 1. The van der Waals surface area contributed by atoms with Gasteiger partial charge in [-0.15, -0.1) is 0 Å². The van der Waals surface area contributed by atoms with Gasteiger partial charge in [0.25, 0.3) is 0 Å². The second kappa shape index (κ2) is 10.6. The lowest BCUT2D eigenvalue weighted by molar-refractivity contribution is -0.131. The van der Waals surface area contributed by atoms with Crippen molar-refractivity contribution in [1.29, 1.82) is 0 Å². The van der Waals surface area contributed by atoms with E-state index in [0.29, 0.717) is 18.2 Å². The van der Waals surface area contributed by atoms with Crippen LogP contribution >= 0.6 is 0 Å². The number of rotatable bonds is 8. The molecule has 4 rings (SSSR count). The van der Waals surface area contributed by atoms with Crippen molar-refractivity contribution in [2.45, 2.75) is 38.6 Å². The Morgan fingerprint density at radius 2 is 1.93 bits per heavy atom. The Morgan fingerprint density at radius 3 is 2.70 bits per heavy atom. The summed E-state index contributed by atoms with van der Waals surface area (Å²) in [6, 6.07) is 7.98. The van der Waals surface area contributed by atoms with Crippen LogP contribution in [0.2, 0.25) is 0 Å². The fourth-order valence-electron chi connectivity index (χ4n) is 4.69. The molecule has 2 aliphatic heterocycles. The van der Waals surface area contributed by atoms with Crippen LogP contribution in [0.15, 0.2) is 42.9 Å². The molecular weight excluding hydrogens is 376 g/mol. The van der Waals surface area contributed by atoms with Crippen LogP contribution in [0.25, 0.3) is 0 Å². The summed E-state index contributed by atoms with van der Waals surface area (Å²) in [6.45, 7) is 7.79. The van der Waals surface area contributed by atoms with Crippen molar-refractivity contribution in [1.82, 2.24) is 24.6 Å². The Morgan fingerprint density at radius 1 is 1.03 bits per heavy atom. The highest BCUT2D eigenvalue weighted by atomic mass is 16.2. The molecule has 0 aliphatic carbocycles. The Balaban J connectivity index is 1.14. The van der Waals surface area contributed by atoms with Gasteiger partial charge in [0.15, 0.2) is 0 Å². The van der Waals surface area contributed by atoms with Gasteiger partial charge in [-0.3, -0.25) is 9.48 Å². The van der Waals surface area contributed by atoms with Gasteiger partial charge in [0.2, 0.25) is 5.91 Å². The van der Waals surface area contributed by atoms with E-state index in [1.165, 1.54) is 19.4 Å². The van der Waals surface area contributed by atoms with Crippen molar-refractivity contribution in [2.24, 2.45) is 5.92 Å². The van der Waals surface area contributed by atoms with Crippen molar-refractivity contribution >= 4 is 11.7 Å². The van der Waals surface area contributed by atoms with Crippen LogP contribution < -0.4 is 4.90 Å². The number of hydrogen-bond donors (Lipinski definition) is 0. The van der Waals surface area contributed by atoms with Crippen molar-refractivity contribution in [3.63, 3.8) is 0 Å². The number of hydrogen-bond acceptors (Lipinski definition) is 5. The van der Waals surface area contributed by atoms with E-state index >= 15 is 0 Å². The van der Waals surface area contributed by atoms with Crippen LogP contribution in [0.3, 0.4) is 0 Å². The van der Waals surface area contributed by atoms with Gasteiger partial charge in [0.05, 0.1) is 0 Å². The molecule has 1 amide bonds. The van der Waals surface area contributed by atoms with Gasteiger partial charge >= 0.3 is 0 Å². The molecule has 2 fully saturated rings. The number of piperidine rings is 1. The summed E-state index contributed by atoms with van der Waals surface area (Å²) in [7, 11) is 0. The molecule has 0 aromatic carbocycles. The summed E-state index contributed by atoms with van der Waals surface area (Å²) in [5.41, 5.74) is 0. The molecule has 0 N–H and O–H groups in total. The maximum Gasteiger partial charge on any atom is 0.222 e. The first-order chi connectivity index (χ1) is 14.8. The van der Waals surface area contributed by atoms with Crippen LogP contribution in [-0.2, 0) is 11.3 Å². The second-order valence-electron chi connectivity index (χ2n) is 8.53. The zero-order chi connectivity index (χ0) is 20.6. The number of anilines is 1. The van der Waals surface area contributed by atoms with Gasteiger partial charge in [-0.05, 0) is 62.9 Å². The van der Waals surface area contributed by atoms with E-state index in [9.17, 15) is 4.79 Å². The molecule has 0 spiro atoms. The Bertz CT molecular complexity index is 757. The number of aryl methyl sites for hydroxylation is 1. The lowest BCUT2D eigenvalue weighted by Gasteiger charge is -2.36. The predicted molar refractivity (Wildman–Crippen MR) is 118 cm³/mol. The number of likely N-dealkylation sites (tertiary alicyclic amines) is 1. The molecule has 7 nitrogen and oxygen atoms in total. The smallest absolute Gasteiger partial charge is 0.222 e. The second-order valence-corrected chi connectivity index (χ2v) is 8.53. The minimum Gasteiger partial charge on any atom is -0.353 e. The van der Waals surface area contributed by atoms with Gasteiger partial charge in [0.1, 0.15) is 5.82 Å². The van der Waals surface area contributed by atoms with Crippen LogP contribution in [0, 0.1) is 5.92 Å². The molecule has 162 valence electrons. The largest absolute Gasteiger partial charge is 0.353 e. The molecule has 0 bridgehead atoms. The highest BCUT2D eigenvalue weighted by Crippen LogP contribution is 2.22. The van der Waals surface area contributed by atoms with Gasteiger partial charge in [-0.25, -0.2) is 4.98 Å². The molecule has 0 radical (unpaired) electrons. The molecule has 2 aromatic heterocycles. The Kier molecular flexibility index (Phi) is 7.34. The first-order valence-corrected chi connectivity index (χ1v) is 11.4. The van der Waals surface area contributed by atoms with E-state index in [-0.39, 0.29) is 0 Å². The zero-order valence-electron chi connectivity index (χ0n) is 17.9. The average molecular weight is 411 g/mol. The lowest BCUT2D eigenvalue weighted by Crippen LogP contribution is -2.49. The molecule has 2 aromatic rings. The van der Waals surface area contributed by atoms with Crippen molar-refractivity contribution in [2.75, 3.05) is 50.7 Å². The minimum absolute atomic E-state index is 0.325. The summed E-state index contributed by atoms with van der Waals surface area (Å²) < 4.78 is 2.01. The van der Waals surface area contributed by atoms with Gasteiger partial charge in [-0.1, -0.05) is 6.07 Å². The quantitative estimate of drug-likeness (QED) is 0.669. The SMILES string of the molecule is O=C(CC[C@@H]1CCCN(CCCn2cccn2)C1)N1CCN(c2ccccn2)CC1. The third-order valence-corrected chi connectivity index (χ3v) is 6.40.